The molecule has 0 unspecified atom stereocenters. The van der Waals surface area contributed by atoms with Crippen LogP contribution in [0.1, 0.15) is 0 Å². The smallest absolute Gasteiger partial charge is 0.346 e. The van der Waals surface area contributed by atoms with E-state index in [0.29, 0.717) is 0 Å². The van der Waals surface area contributed by atoms with Gasteiger partial charge in [-0.25, -0.2) is 4.79 Å². The van der Waals surface area contributed by atoms with Crippen molar-refractivity contribution in [2.75, 3.05) is 0 Å². The molecular formula is C5H4O3. The molecule has 1 heterocycles. The monoisotopic (exact) mass is 112 g/mol. The predicted molar refractivity (Wildman–Crippen MR) is 25.9 cm³/mol. The molecule has 0 fully saturated rings. The number of cyclic esters (lactones) is 1. The Kier molecular flexibility index (Phi) is 0.836. The highest BCUT2D eigenvalue weighted by Gasteiger charge is 2.18. The minimum absolute atomic E-state index is 0.0185. The van der Waals surface area contributed by atoms with Crippen LogP contribution in [0.4, 0.5) is 0 Å². The van der Waals surface area contributed by atoms with Crippen LogP contribution < -0.4 is 0 Å². The van der Waals surface area contributed by atoms with Gasteiger partial charge in [0.2, 0.25) is 0 Å². The molecule has 0 aliphatic carbocycles. The highest BCUT2D eigenvalue weighted by molar-refractivity contribution is 5.94. The summed E-state index contributed by atoms with van der Waals surface area (Å²) in [6.45, 7) is 3.22. The molecule has 42 valence electrons. The Morgan fingerprint density at radius 3 is 2.50 bits per heavy atom. The first-order valence-corrected chi connectivity index (χ1v) is 2.01. The third-order valence-electron chi connectivity index (χ3n) is 0.833. The molecule has 1 aliphatic rings. The van der Waals surface area contributed by atoms with Gasteiger partial charge < -0.3 is 9.84 Å². The molecule has 0 saturated heterocycles. The molecule has 0 saturated carbocycles. The SMILES string of the molecule is C=C1C(=O)OC=C1O. The van der Waals surface area contributed by atoms with E-state index in [2.05, 4.69) is 11.3 Å². The lowest BCUT2D eigenvalue weighted by Crippen LogP contribution is -1.94. The molecule has 0 aromatic rings. The summed E-state index contributed by atoms with van der Waals surface area (Å²) in [4.78, 5) is 10.3. The third kappa shape index (κ3) is 0.484. The molecule has 0 aromatic carbocycles. The zero-order chi connectivity index (χ0) is 6.15. The van der Waals surface area contributed by atoms with Crippen molar-refractivity contribution in [2.24, 2.45) is 0 Å². The molecule has 0 spiro atoms. The molecule has 3 nitrogen and oxygen atoms in total. The Hall–Kier alpha value is -1.25. The molecule has 8 heavy (non-hydrogen) atoms. The molecule has 0 atom stereocenters. The van der Waals surface area contributed by atoms with Gasteiger partial charge in [-0.2, -0.15) is 0 Å². The summed E-state index contributed by atoms with van der Waals surface area (Å²) in [5, 5.41) is 8.58. The van der Waals surface area contributed by atoms with Crippen molar-refractivity contribution >= 4 is 5.97 Å². The van der Waals surface area contributed by atoms with Gasteiger partial charge in [-0.05, 0) is 0 Å². The number of aliphatic hydroxyl groups excluding tert-OH is 1. The topological polar surface area (TPSA) is 46.5 Å². The highest BCUT2D eigenvalue weighted by atomic mass is 16.5. The molecule has 1 rings (SSSR count). The number of carbonyl (C=O) groups excluding carboxylic acids is 1. The van der Waals surface area contributed by atoms with Gasteiger partial charge in [0.15, 0.2) is 5.76 Å². The summed E-state index contributed by atoms with van der Waals surface area (Å²) in [6, 6.07) is 0. The first-order valence-electron chi connectivity index (χ1n) is 2.01. The van der Waals surface area contributed by atoms with Crippen molar-refractivity contribution in [2.45, 2.75) is 0 Å². The van der Waals surface area contributed by atoms with Crippen molar-refractivity contribution in [1.82, 2.24) is 0 Å². The first-order chi connectivity index (χ1) is 3.72. The minimum Gasteiger partial charge on any atom is -0.504 e. The first kappa shape index (κ1) is 4.90. The lowest BCUT2D eigenvalue weighted by atomic mass is 10.3. The second kappa shape index (κ2) is 1.36. The van der Waals surface area contributed by atoms with Gasteiger partial charge in [0, 0.05) is 0 Å². The fraction of sp³-hybridized carbons (Fsp3) is 0. The van der Waals surface area contributed by atoms with E-state index in [1.807, 2.05) is 0 Å². The molecule has 0 radical (unpaired) electrons. The Labute approximate surface area is 45.9 Å². The maximum absolute atomic E-state index is 10.3. The Balaban J connectivity index is 2.89. The lowest BCUT2D eigenvalue weighted by molar-refractivity contribution is -0.132. The number of ether oxygens (including phenoxy) is 1. The van der Waals surface area contributed by atoms with E-state index in [1.165, 1.54) is 0 Å². The number of hydrogen-bond donors (Lipinski definition) is 1. The molecule has 1 aliphatic heterocycles. The summed E-state index contributed by atoms with van der Waals surface area (Å²) >= 11 is 0. The normalized spacial score (nSPS) is 18.2. The summed E-state index contributed by atoms with van der Waals surface area (Å²) in [6.07, 6.45) is 0.963. The van der Waals surface area contributed by atoms with Crippen molar-refractivity contribution in [3.8, 4) is 0 Å². The largest absolute Gasteiger partial charge is 0.504 e. The second-order valence-corrected chi connectivity index (χ2v) is 1.39. The molecule has 1 N–H and O–H groups in total. The van der Waals surface area contributed by atoms with E-state index in [9.17, 15) is 4.79 Å². The highest BCUT2D eigenvalue weighted by Crippen LogP contribution is 2.12. The Bertz CT molecular complexity index is 178. The van der Waals surface area contributed by atoms with Crippen LogP contribution in [0, 0.1) is 0 Å². The second-order valence-electron chi connectivity index (χ2n) is 1.39. The van der Waals surface area contributed by atoms with Crippen LogP contribution in [0.5, 0.6) is 0 Å². The fourth-order valence-electron chi connectivity index (χ4n) is 0.356. The van der Waals surface area contributed by atoms with Gasteiger partial charge >= 0.3 is 5.97 Å². The van der Waals surface area contributed by atoms with E-state index in [0.717, 1.165) is 6.26 Å². The van der Waals surface area contributed by atoms with E-state index < -0.39 is 5.97 Å². The quantitative estimate of drug-likeness (QED) is 0.366. The maximum Gasteiger partial charge on any atom is 0.346 e. The van der Waals surface area contributed by atoms with Crippen molar-refractivity contribution in [3.05, 3.63) is 24.2 Å². The third-order valence-corrected chi connectivity index (χ3v) is 0.833. The molecule has 0 aromatic heterocycles. The van der Waals surface area contributed by atoms with Crippen molar-refractivity contribution < 1.29 is 14.6 Å². The van der Waals surface area contributed by atoms with Crippen LogP contribution in [0.15, 0.2) is 24.2 Å². The summed E-state index contributed by atoms with van der Waals surface area (Å²) in [5.41, 5.74) is 0.0185. The fourth-order valence-corrected chi connectivity index (χ4v) is 0.356. The van der Waals surface area contributed by atoms with Crippen LogP contribution >= 0.6 is 0 Å². The van der Waals surface area contributed by atoms with Gasteiger partial charge in [-0.15, -0.1) is 0 Å². The minimum atomic E-state index is -0.581. The van der Waals surface area contributed by atoms with Crippen LogP contribution in [0.3, 0.4) is 0 Å². The maximum atomic E-state index is 10.3. The van der Waals surface area contributed by atoms with Gasteiger partial charge in [0.05, 0.1) is 5.57 Å². The van der Waals surface area contributed by atoms with Crippen LogP contribution in [0.2, 0.25) is 0 Å². The number of hydrogen-bond acceptors (Lipinski definition) is 3. The predicted octanol–water partition coefficient (Wildman–Crippen LogP) is 0.499. The lowest BCUT2D eigenvalue weighted by Gasteiger charge is -1.84. The summed E-state index contributed by atoms with van der Waals surface area (Å²) in [5.74, 6) is -0.766. The zero-order valence-electron chi connectivity index (χ0n) is 4.05. The summed E-state index contributed by atoms with van der Waals surface area (Å²) < 4.78 is 4.23. The zero-order valence-corrected chi connectivity index (χ0v) is 4.05. The Morgan fingerprint density at radius 1 is 1.75 bits per heavy atom. The molecule has 0 amide bonds. The number of aliphatic hydroxyl groups is 1. The van der Waals surface area contributed by atoms with E-state index in [-0.39, 0.29) is 11.3 Å². The molecular weight excluding hydrogens is 108 g/mol. The average Bonchev–Trinajstić information content (AvgIpc) is 1.98. The van der Waals surface area contributed by atoms with Crippen LogP contribution in [0.25, 0.3) is 0 Å². The standard InChI is InChI=1S/C5H4O3/c1-3-4(6)2-8-5(3)7/h2,6H,1H2. The Morgan fingerprint density at radius 2 is 2.38 bits per heavy atom. The van der Waals surface area contributed by atoms with Crippen LogP contribution in [-0.2, 0) is 9.53 Å². The number of carbonyl (C=O) groups is 1. The molecule has 3 heteroatoms. The molecule has 0 bridgehead atoms. The van der Waals surface area contributed by atoms with E-state index in [1.54, 1.807) is 0 Å². The average molecular weight is 112 g/mol. The van der Waals surface area contributed by atoms with E-state index >= 15 is 0 Å². The van der Waals surface area contributed by atoms with Gasteiger partial charge in [0.25, 0.3) is 0 Å². The number of esters is 1. The van der Waals surface area contributed by atoms with Crippen molar-refractivity contribution in [1.29, 1.82) is 0 Å². The summed E-state index contributed by atoms with van der Waals surface area (Å²) in [7, 11) is 0. The van der Waals surface area contributed by atoms with Gasteiger partial charge in [-0.3, -0.25) is 0 Å². The van der Waals surface area contributed by atoms with Gasteiger partial charge in [-0.1, -0.05) is 6.58 Å². The number of rotatable bonds is 0. The van der Waals surface area contributed by atoms with Crippen molar-refractivity contribution in [3.63, 3.8) is 0 Å². The van der Waals surface area contributed by atoms with E-state index in [4.69, 9.17) is 5.11 Å². The van der Waals surface area contributed by atoms with Gasteiger partial charge in [0.1, 0.15) is 6.26 Å². The van der Waals surface area contributed by atoms with Crippen LogP contribution in [-0.4, -0.2) is 11.1 Å².